The Labute approximate surface area is 88.4 Å². The molecular weight excluding hydrogens is 207 g/mol. The van der Waals surface area contributed by atoms with E-state index >= 15 is 0 Å². The molecule has 0 spiro atoms. The first-order chi connectivity index (χ1) is 6.85. The normalized spacial score (nSPS) is 12.1. The van der Waals surface area contributed by atoms with Crippen molar-refractivity contribution in [3.05, 3.63) is 0 Å². The lowest BCUT2D eigenvalue weighted by Crippen LogP contribution is -2.34. The number of halogens is 3. The quantitative estimate of drug-likeness (QED) is 0.621. The van der Waals surface area contributed by atoms with Gasteiger partial charge in [0.15, 0.2) is 0 Å². The Morgan fingerprint density at radius 3 is 2.27 bits per heavy atom. The van der Waals surface area contributed by atoms with Gasteiger partial charge in [-0.15, -0.1) is 0 Å². The lowest BCUT2D eigenvalue weighted by atomic mass is 10.2. The summed E-state index contributed by atoms with van der Waals surface area (Å²) < 4.78 is 36.1. The predicted molar refractivity (Wildman–Crippen MR) is 52.7 cm³/mol. The molecule has 0 atom stereocenters. The fourth-order valence-corrected chi connectivity index (χ4v) is 1.31. The van der Waals surface area contributed by atoms with Crippen LogP contribution in [0.4, 0.5) is 13.2 Å². The molecule has 15 heavy (non-hydrogen) atoms. The monoisotopic (exact) mass is 225 g/mol. The Balaban J connectivity index is 3.67. The van der Waals surface area contributed by atoms with Gasteiger partial charge >= 0.3 is 6.18 Å². The highest BCUT2D eigenvalue weighted by Gasteiger charge is 2.29. The summed E-state index contributed by atoms with van der Waals surface area (Å²) in [7, 11) is 0. The van der Waals surface area contributed by atoms with Crippen LogP contribution in [0.15, 0.2) is 0 Å². The van der Waals surface area contributed by atoms with Gasteiger partial charge in [-0.25, -0.2) is 0 Å². The van der Waals surface area contributed by atoms with E-state index in [1.54, 1.807) is 6.92 Å². The van der Waals surface area contributed by atoms with Crippen LogP contribution >= 0.6 is 0 Å². The lowest BCUT2D eigenvalue weighted by Gasteiger charge is -2.21. The van der Waals surface area contributed by atoms with Crippen LogP contribution < -0.4 is 0 Å². The van der Waals surface area contributed by atoms with E-state index in [2.05, 4.69) is 0 Å². The van der Waals surface area contributed by atoms with Gasteiger partial charge in [-0.05, 0) is 32.9 Å². The van der Waals surface area contributed by atoms with Gasteiger partial charge in [-0.1, -0.05) is 6.92 Å². The first-order valence-corrected chi connectivity index (χ1v) is 5.13. The van der Waals surface area contributed by atoms with Crippen LogP contribution in [-0.4, -0.2) is 36.5 Å². The van der Waals surface area contributed by atoms with E-state index < -0.39 is 12.7 Å². The summed E-state index contributed by atoms with van der Waals surface area (Å²) in [6.07, 6.45) is -2.35. The lowest BCUT2D eigenvalue weighted by molar-refractivity contribution is -0.145. The largest absolute Gasteiger partial charge is 0.401 e. The van der Waals surface area contributed by atoms with E-state index in [1.165, 1.54) is 11.8 Å². The van der Waals surface area contributed by atoms with E-state index in [0.29, 0.717) is 32.4 Å². The number of hydrogen-bond donors (Lipinski definition) is 0. The van der Waals surface area contributed by atoms with Crippen LogP contribution in [0.1, 0.15) is 33.1 Å². The molecule has 90 valence electrons. The minimum Gasteiger partial charge on any atom is -0.300 e. The molecule has 0 saturated heterocycles. The van der Waals surface area contributed by atoms with Gasteiger partial charge in [0.2, 0.25) is 0 Å². The van der Waals surface area contributed by atoms with Gasteiger partial charge in [0.25, 0.3) is 0 Å². The second kappa shape index (κ2) is 6.82. The van der Waals surface area contributed by atoms with Gasteiger partial charge in [0.05, 0.1) is 6.54 Å². The van der Waals surface area contributed by atoms with Crippen molar-refractivity contribution in [2.24, 2.45) is 0 Å². The van der Waals surface area contributed by atoms with Crippen molar-refractivity contribution in [2.45, 2.75) is 39.3 Å². The fraction of sp³-hybridized carbons (Fsp3) is 0.900. The average Bonchev–Trinajstić information content (AvgIpc) is 2.08. The van der Waals surface area contributed by atoms with Crippen molar-refractivity contribution < 1.29 is 18.0 Å². The van der Waals surface area contributed by atoms with E-state index in [-0.39, 0.29) is 5.78 Å². The third-order valence-corrected chi connectivity index (χ3v) is 2.10. The Morgan fingerprint density at radius 1 is 1.27 bits per heavy atom. The second-order valence-corrected chi connectivity index (χ2v) is 3.64. The minimum absolute atomic E-state index is 0.0915. The molecule has 0 N–H and O–H groups in total. The Morgan fingerprint density at radius 2 is 1.87 bits per heavy atom. The topological polar surface area (TPSA) is 20.3 Å². The first-order valence-electron chi connectivity index (χ1n) is 5.13. The zero-order chi connectivity index (χ0) is 11.9. The zero-order valence-electron chi connectivity index (χ0n) is 9.23. The molecule has 5 heteroatoms. The first kappa shape index (κ1) is 14.4. The van der Waals surface area contributed by atoms with E-state index in [1.807, 2.05) is 0 Å². The SMILES string of the molecule is CCN(CCCCC(C)=O)CC(F)(F)F. The molecule has 0 amide bonds. The van der Waals surface area contributed by atoms with Crippen LogP contribution in [0, 0.1) is 0 Å². The standard InChI is InChI=1S/C10H18F3NO/c1-3-14(8-10(11,12)13)7-5-4-6-9(2)15/h3-8H2,1-2H3. The summed E-state index contributed by atoms with van der Waals surface area (Å²) in [5, 5.41) is 0. The summed E-state index contributed by atoms with van der Waals surface area (Å²) in [5.74, 6) is 0.0915. The van der Waals surface area contributed by atoms with E-state index in [0.717, 1.165) is 0 Å². The fourth-order valence-electron chi connectivity index (χ4n) is 1.31. The maximum atomic E-state index is 12.0. The van der Waals surface area contributed by atoms with Crippen LogP contribution in [0.3, 0.4) is 0 Å². The van der Waals surface area contributed by atoms with E-state index in [4.69, 9.17) is 0 Å². The van der Waals surface area contributed by atoms with Crippen molar-refractivity contribution in [1.29, 1.82) is 0 Å². The summed E-state index contributed by atoms with van der Waals surface area (Å²) >= 11 is 0. The number of rotatable bonds is 7. The Bertz CT molecular complexity index is 192. The molecule has 0 saturated carbocycles. The number of nitrogens with zero attached hydrogens (tertiary/aromatic N) is 1. The summed E-state index contributed by atoms with van der Waals surface area (Å²) in [6, 6.07) is 0. The number of hydrogen-bond acceptors (Lipinski definition) is 2. The van der Waals surface area contributed by atoms with Crippen molar-refractivity contribution in [2.75, 3.05) is 19.6 Å². The third-order valence-electron chi connectivity index (χ3n) is 2.10. The Hall–Kier alpha value is -0.580. The predicted octanol–water partition coefficient (Wildman–Crippen LogP) is 2.63. The molecule has 0 aromatic carbocycles. The van der Waals surface area contributed by atoms with Crippen LogP contribution in [0.5, 0.6) is 0 Å². The summed E-state index contributed by atoms with van der Waals surface area (Å²) in [4.78, 5) is 11.9. The van der Waals surface area contributed by atoms with Gasteiger partial charge in [-0.3, -0.25) is 4.90 Å². The molecule has 0 heterocycles. The maximum absolute atomic E-state index is 12.0. The molecule has 0 bridgehead atoms. The maximum Gasteiger partial charge on any atom is 0.401 e. The number of carbonyl (C=O) groups excluding carboxylic acids is 1. The molecule has 2 nitrogen and oxygen atoms in total. The molecular formula is C10H18F3NO. The smallest absolute Gasteiger partial charge is 0.300 e. The molecule has 0 unspecified atom stereocenters. The van der Waals surface area contributed by atoms with Crippen LogP contribution in [0.25, 0.3) is 0 Å². The van der Waals surface area contributed by atoms with Crippen LogP contribution in [0.2, 0.25) is 0 Å². The van der Waals surface area contributed by atoms with Gasteiger partial charge in [0.1, 0.15) is 5.78 Å². The molecule has 0 fully saturated rings. The molecule has 0 radical (unpaired) electrons. The van der Waals surface area contributed by atoms with Gasteiger partial charge in [0, 0.05) is 6.42 Å². The average molecular weight is 225 g/mol. The molecule has 0 aliphatic heterocycles. The highest BCUT2D eigenvalue weighted by atomic mass is 19.4. The molecule has 0 rings (SSSR count). The third kappa shape index (κ3) is 9.72. The van der Waals surface area contributed by atoms with Crippen molar-refractivity contribution in [3.63, 3.8) is 0 Å². The molecule has 0 aliphatic carbocycles. The summed E-state index contributed by atoms with van der Waals surface area (Å²) in [5.41, 5.74) is 0. The van der Waals surface area contributed by atoms with E-state index in [9.17, 15) is 18.0 Å². The summed E-state index contributed by atoms with van der Waals surface area (Å²) in [6.45, 7) is 3.14. The van der Waals surface area contributed by atoms with Crippen molar-refractivity contribution in [1.82, 2.24) is 4.90 Å². The number of carbonyl (C=O) groups is 1. The second-order valence-electron chi connectivity index (χ2n) is 3.64. The highest BCUT2D eigenvalue weighted by molar-refractivity contribution is 5.75. The number of ketones is 1. The van der Waals surface area contributed by atoms with Crippen LogP contribution in [-0.2, 0) is 4.79 Å². The van der Waals surface area contributed by atoms with Gasteiger partial charge in [-0.2, -0.15) is 13.2 Å². The van der Waals surface area contributed by atoms with Gasteiger partial charge < -0.3 is 4.79 Å². The minimum atomic E-state index is -4.13. The zero-order valence-corrected chi connectivity index (χ0v) is 9.23. The molecule has 0 aliphatic rings. The van der Waals surface area contributed by atoms with Crippen molar-refractivity contribution >= 4 is 5.78 Å². The number of unbranched alkanes of at least 4 members (excludes halogenated alkanes) is 1. The highest BCUT2D eigenvalue weighted by Crippen LogP contribution is 2.16. The number of Topliss-reactive ketones (excluding diaryl/α,β-unsaturated/α-hetero) is 1. The molecule has 0 aromatic heterocycles. The molecule has 0 aromatic rings. The Kier molecular flexibility index (Phi) is 6.56. The van der Waals surface area contributed by atoms with Crippen molar-refractivity contribution in [3.8, 4) is 0 Å². The number of alkyl halides is 3.